The van der Waals surface area contributed by atoms with Crippen molar-refractivity contribution in [3.63, 3.8) is 0 Å². The molecule has 8 heteroatoms. The van der Waals surface area contributed by atoms with E-state index in [9.17, 15) is 14.9 Å². The maximum Gasteiger partial charge on any atom is 0.318 e. The van der Waals surface area contributed by atoms with Gasteiger partial charge in [-0.3, -0.25) is 4.79 Å². The smallest absolute Gasteiger partial charge is 0.318 e. The van der Waals surface area contributed by atoms with Crippen molar-refractivity contribution in [3.8, 4) is 6.07 Å². The monoisotopic (exact) mass is 365 g/mol. The Kier molecular flexibility index (Phi) is 6.11. The van der Waals surface area contributed by atoms with E-state index in [1.165, 1.54) is 0 Å². The average Bonchev–Trinajstić information content (AvgIpc) is 3.33. The van der Waals surface area contributed by atoms with Gasteiger partial charge >= 0.3 is 6.03 Å². The van der Waals surface area contributed by atoms with E-state index in [2.05, 4.69) is 48.2 Å². The Morgan fingerprint density at radius 2 is 1.80 bits per heavy atom. The largest absolute Gasteiger partial charge is 0.336 e. The summed E-state index contributed by atoms with van der Waals surface area (Å²) in [5, 5.41) is 15.0. The highest BCUT2D eigenvalue weighted by molar-refractivity contribution is 6.76. The number of nitrogens with one attached hydrogen (secondary N) is 2. The highest BCUT2D eigenvalue weighted by atomic mass is 28.3. The molecule has 1 aliphatic carbocycles. The molecule has 2 aliphatic rings. The number of carbonyl (C=O) groups excluding carboxylic acids is 2. The summed E-state index contributed by atoms with van der Waals surface area (Å²) < 4.78 is 0. The van der Waals surface area contributed by atoms with Gasteiger partial charge in [-0.1, -0.05) is 26.6 Å². The number of amides is 3. The second-order valence-corrected chi connectivity index (χ2v) is 13.9. The Hall–Kier alpha value is -1.59. The van der Waals surface area contributed by atoms with Crippen molar-refractivity contribution in [2.24, 2.45) is 0 Å². The minimum atomic E-state index is -1.57. The fourth-order valence-electron chi connectivity index (χ4n) is 3.04. The number of piperazine rings is 1. The minimum absolute atomic E-state index is 0.170. The van der Waals surface area contributed by atoms with Crippen LogP contribution >= 0.6 is 0 Å². The Morgan fingerprint density at radius 3 is 2.24 bits per heavy atom. The number of nitrogens with zero attached hydrogens (tertiary/aromatic N) is 3. The van der Waals surface area contributed by atoms with E-state index in [-0.39, 0.29) is 11.9 Å². The van der Waals surface area contributed by atoms with E-state index >= 15 is 0 Å². The van der Waals surface area contributed by atoms with E-state index in [4.69, 9.17) is 0 Å². The third-order valence-electron chi connectivity index (χ3n) is 4.86. The second kappa shape index (κ2) is 7.75. The summed E-state index contributed by atoms with van der Waals surface area (Å²) >= 11 is 0. The van der Waals surface area contributed by atoms with Gasteiger partial charge < -0.3 is 20.4 Å². The van der Waals surface area contributed by atoms with Crippen molar-refractivity contribution in [1.29, 1.82) is 5.26 Å². The molecule has 0 aromatic rings. The lowest BCUT2D eigenvalue weighted by atomic mass is 10.2. The number of hydrogen-bond acceptors (Lipinski definition) is 4. The lowest BCUT2D eigenvalue weighted by Gasteiger charge is -2.35. The quantitative estimate of drug-likeness (QED) is 0.693. The molecule has 0 spiro atoms. The van der Waals surface area contributed by atoms with Crippen molar-refractivity contribution < 1.29 is 9.59 Å². The number of hydrogen-bond donors (Lipinski definition) is 2. The number of urea groups is 1. The lowest BCUT2D eigenvalue weighted by Crippen LogP contribution is -2.57. The average molecular weight is 366 g/mol. The van der Waals surface area contributed by atoms with Crippen LogP contribution in [0.3, 0.4) is 0 Å². The predicted molar refractivity (Wildman–Crippen MR) is 99.9 cm³/mol. The number of nitriles is 1. The molecule has 0 bridgehead atoms. The van der Waals surface area contributed by atoms with Crippen LogP contribution in [0.2, 0.25) is 25.7 Å². The van der Waals surface area contributed by atoms with Crippen LogP contribution in [0.5, 0.6) is 0 Å². The number of likely N-dealkylation sites (N-methyl/N-ethyl adjacent to an activating group) is 1. The third-order valence-corrected chi connectivity index (χ3v) is 6.50. The van der Waals surface area contributed by atoms with Crippen molar-refractivity contribution >= 4 is 20.0 Å². The van der Waals surface area contributed by atoms with Crippen LogP contribution < -0.4 is 10.6 Å². The molecular weight excluding hydrogens is 334 g/mol. The van der Waals surface area contributed by atoms with Crippen LogP contribution in [0.4, 0.5) is 4.79 Å². The van der Waals surface area contributed by atoms with Gasteiger partial charge in [-0.2, -0.15) is 5.26 Å². The fourth-order valence-corrected chi connectivity index (χ4v) is 4.55. The lowest BCUT2D eigenvalue weighted by molar-refractivity contribution is -0.123. The van der Waals surface area contributed by atoms with E-state index in [0.29, 0.717) is 32.0 Å². The number of carbonyl (C=O) groups is 2. The molecule has 1 aliphatic heterocycles. The highest BCUT2D eigenvalue weighted by Crippen LogP contribution is 2.34. The van der Waals surface area contributed by atoms with Crippen LogP contribution in [0.15, 0.2) is 0 Å². The first-order valence-corrected chi connectivity index (χ1v) is 12.9. The Balaban J connectivity index is 1.97. The van der Waals surface area contributed by atoms with E-state index < -0.39 is 19.7 Å². The van der Waals surface area contributed by atoms with Crippen molar-refractivity contribution in [3.05, 3.63) is 0 Å². The van der Waals surface area contributed by atoms with Gasteiger partial charge in [0.25, 0.3) is 0 Å². The van der Waals surface area contributed by atoms with Gasteiger partial charge in [0.1, 0.15) is 11.6 Å². The maximum atomic E-state index is 12.7. The summed E-state index contributed by atoms with van der Waals surface area (Å²) in [5.74, 6) is -0.220. The van der Waals surface area contributed by atoms with Crippen molar-refractivity contribution in [1.82, 2.24) is 20.4 Å². The predicted octanol–water partition coefficient (Wildman–Crippen LogP) is 1.21. The summed E-state index contributed by atoms with van der Waals surface area (Å²) in [5.41, 5.74) is -0.702. The molecule has 3 amide bonds. The van der Waals surface area contributed by atoms with E-state index in [1.54, 1.807) is 4.90 Å². The van der Waals surface area contributed by atoms with Gasteiger partial charge in [0.15, 0.2) is 0 Å². The van der Waals surface area contributed by atoms with Gasteiger partial charge in [-0.25, -0.2) is 4.79 Å². The van der Waals surface area contributed by atoms with Gasteiger partial charge in [-0.15, -0.1) is 0 Å². The first-order chi connectivity index (χ1) is 11.7. The molecule has 1 atom stereocenters. The van der Waals surface area contributed by atoms with E-state index in [0.717, 1.165) is 19.6 Å². The minimum Gasteiger partial charge on any atom is -0.336 e. The topological polar surface area (TPSA) is 88.5 Å². The van der Waals surface area contributed by atoms with Gasteiger partial charge in [0, 0.05) is 34.3 Å². The standard InChI is InChI=1S/C17H31N5O2Si/c1-5-21-8-10-22(11-9-21)16(24)19-14(12-25(2,3)4)15(23)20-17(13-18)6-7-17/h14H,5-12H2,1-4H3,(H,19,24)(H,20,23)/t14-/m0/s1. The molecule has 2 rings (SSSR count). The van der Waals surface area contributed by atoms with Crippen LogP contribution in [-0.4, -0.2) is 74.1 Å². The van der Waals surface area contributed by atoms with Gasteiger partial charge in [0.2, 0.25) is 5.91 Å². The number of rotatable bonds is 6. The first-order valence-electron chi connectivity index (χ1n) is 9.19. The zero-order valence-corrected chi connectivity index (χ0v) is 16.9. The van der Waals surface area contributed by atoms with Crippen LogP contribution in [0.25, 0.3) is 0 Å². The molecule has 2 N–H and O–H groups in total. The van der Waals surface area contributed by atoms with Crippen molar-refractivity contribution in [2.45, 2.75) is 57.0 Å². The molecule has 0 radical (unpaired) electrons. The fraction of sp³-hybridized carbons (Fsp3) is 0.824. The Labute approximate surface area is 151 Å². The zero-order chi connectivity index (χ0) is 18.7. The normalized spacial score (nSPS) is 21.2. The maximum absolute atomic E-state index is 12.7. The SMILES string of the molecule is CCN1CCN(C(=O)N[C@@H](C[Si](C)(C)C)C(=O)NC2(C#N)CC2)CC1. The van der Waals surface area contributed by atoms with Crippen LogP contribution in [0.1, 0.15) is 19.8 Å². The molecule has 1 saturated carbocycles. The summed E-state index contributed by atoms with van der Waals surface area (Å²) in [6.07, 6.45) is 1.39. The van der Waals surface area contributed by atoms with Crippen LogP contribution in [-0.2, 0) is 4.79 Å². The summed E-state index contributed by atoms with van der Waals surface area (Å²) in [4.78, 5) is 29.4. The molecule has 2 fully saturated rings. The second-order valence-electron chi connectivity index (χ2n) is 8.37. The van der Waals surface area contributed by atoms with Gasteiger partial charge in [-0.05, 0) is 25.4 Å². The summed E-state index contributed by atoms with van der Waals surface area (Å²) in [7, 11) is -1.57. The third kappa shape index (κ3) is 5.72. The molecule has 25 heavy (non-hydrogen) atoms. The molecule has 1 saturated heterocycles. The first kappa shape index (κ1) is 19.7. The molecule has 0 aromatic carbocycles. The summed E-state index contributed by atoms with van der Waals surface area (Å²) in [6, 6.07) is 2.12. The molecule has 7 nitrogen and oxygen atoms in total. The Morgan fingerprint density at radius 1 is 1.20 bits per heavy atom. The van der Waals surface area contributed by atoms with Gasteiger partial charge in [0.05, 0.1) is 6.07 Å². The molecule has 140 valence electrons. The molecule has 0 aromatic heterocycles. The molecule has 1 heterocycles. The summed E-state index contributed by atoms with van der Waals surface area (Å²) in [6.45, 7) is 12.7. The Bertz CT molecular complexity index is 542. The van der Waals surface area contributed by atoms with Crippen LogP contribution in [0, 0.1) is 11.3 Å². The molecular formula is C17H31N5O2Si. The molecule has 0 unspecified atom stereocenters. The van der Waals surface area contributed by atoms with Crippen molar-refractivity contribution in [2.75, 3.05) is 32.7 Å². The zero-order valence-electron chi connectivity index (χ0n) is 15.9. The van der Waals surface area contributed by atoms with E-state index in [1.807, 2.05) is 0 Å². The highest BCUT2D eigenvalue weighted by Gasteiger charge is 2.46.